The molecule has 9 heteroatoms. The van der Waals surface area contributed by atoms with Crippen LogP contribution in [0.25, 0.3) is 22.3 Å². The highest BCUT2D eigenvalue weighted by Crippen LogP contribution is 2.34. The summed E-state index contributed by atoms with van der Waals surface area (Å²) in [6, 6.07) is 17.4. The van der Waals surface area contributed by atoms with E-state index in [-0.39, 0.29) is 11.9 Å². The van der Waals surface area contributed by atoms with Gasteiger partial charge in [-0.3, -0.25) is 4.79 Å². The average Bonchev–Trinajstić information content (AvgIpc) is 3.37. The zero-order valence-corrected chi connectivity index (χ0v) is 22.5. The van der Waals surface area contributed by atoms with Gasteiger partial charge in [-0.1, -0.05) is 38.1 Å². The fourth-order valence-electron chi connectivity index (χ4n) is 5.00. The summed E-state index contributed by atoms with van der Waals surface area (Å²) in [6.07, 6.45) is 6.92. The maximum Gasteiger partial charge on any atom is 0.246 e. The number of fused-ring (bicyclic) bond motifs is 1. The molecule has 2 aromatic heterocycles. The third-order valence-corrected chi connectivity index (χ3v) is 7.20. The Labute approximate surface area is 228 Å². The molecule has 4 aromatic rings. The van der Waals surface area contributed by atoms with E-state index in [1.165, 1.54) is 6.33 Å². The number of rotatable bonds is 9. The maximum atomic E-state index is 13.0. The monoisotopic (exact) mass is 525 g/mol. The highest BCUT2D eigenvalue weighted by molar-refractivity contribution is 5.98. The SMILES string of the molecule is CCN(CC)CC=CC(=O)N1CCC[C@@H](n2nc(-c3ccc(Oc4ccccc4)cc3)c3c(N)ncnc32)C1. The number of likely N-dealkylation sites (N-methyl/N-ethyl adjacent to an activating group) is 1. The number of carbonyl (C=O) groups excluding carboxylic acids is 1. The molecule has 0 spiro atoms. The Morgan fingerprint density at radius 1 is 1.08 bits per heavy atom. The second-order valence-electron chi connectivity index (χ2n) is 9.66. The number of hydrogen-bond donors (Lipinski definition) is 1. The summed E-state index contributed by atoms with van der Waals surface area (Å²) >= 11 is 0. The lowest BCUT2D eigenvalue weighted by Crippen LogP contribution is -2.40. The van der Waals surface area contributed by atoms with Gasteiger partial charge in [0.2, 0.25) is 5.91 Å². The molecule has 3 heterocycles. The van der Waals surface area contributed by atoms with E-state index in [1.54, 1.807) is 6.08 Å². The van der Waals surface area contributed by atoms with E-state index >= 15 is 0 Å². The van der Waals surface area contributed by atoms with Crippen LogP contribution in [0.4, 0.5) is 5.82 Å². The molecule has 39 heavy (non-hydrogen) atoms. The number of amides is 1. The molecule has 0 bridgehead atoms. The van der Waals surface area contributed by atoms with Gasteiger partial charge in [-0.2, -0.15) is 5.10 Å². The van der Waals surface area contributed by atoms with Gasteiger partial charge in [0.1, 0.15) is 29.3 Å². The first-order chi connectivity index (χ1) is 19.1. The van der Waals surface area contributed by atoms with E-state index in [9.17, 15) is 4.79 Å². The fraction of sp³-hybridized carbons (Fsp3) is 0.333. The number of para-hydroxylation sites is 1. The molecule has 1 aliphatic heterocycles. The molecule has 1 fully saturated rings. The summed E-state index contributed by atoms with van der Waals surface area (Å²) in [5.41, 5.74) is 8.63. The van der Waals surface area contributed by atoms with Crippen LogP contribution in [-0.4, -0.2) is 68.2 Å². The van der Waals surface area contributed by atoms with Crippen molar-refractivity contribution in [1.29, 1.82) is 0 Å². The largest absolute Gasteiger partial charge is 0.457 e. The zero-order valence-electron chi connectivity index (χ0n) is 22.5. The van der Waals surface area contributed by atoms with Crippen LogP contribution in [0, 0.1) is 0 Å². The minimum absolute atomic E-state index is 0.00915. The number of carbonyl (C=O) groups is 1. The minimum Gasteiger partial charge on any atom is -0.457 e. The van der Waals surface area contributed by atoms with Gasteiger partial charge in [-0.05, 0) is 62.3 Å². The van der Waals surface area contributed by atoms with Crippen LogP contribution < -0.4 is 10.5 Å². The van der Waals surface area contributed by atoms with Crippen LogP contribution in [0.5, 0.6) is 11.5 Å². The first kappa shape index (κ1) is 26.4. The van der Waals surface area contributed by atoms with Crippen molar-refractivity contribution in [2.24, 2.45) is 0 Å². The summed E-state index contributed by atoms with van der Waals surface area (Å²) in [5.74, 6) is 1.92. The van der Waals surface area contributed by atoms with Crippen molar-refractivity contribution in [1.82, 2.24) is 29.5 Å². The molecule has 0 radical (unpaired) electrons. The molecule has 9 nitrogen and oxygen atoms in total. The van der Waals surface area contributed by atoms with Crippen LogP contribution in [-0.2, 0) is 4.79 Å². The van der Waals surface area contributed by atoms with Gasteiger partial charge in [-0.15, -0.1) is 0 Å². The molecular weight excluding hydrogens is 490 g/mol. The van der Waals surface area contributed by atoms with E-state index in [0.29, 0.717) is 18.0 Å². The van der Waals surface area contributed by atoms with Gasteiger partial charge in [0.05, 0.1) is 11.4 Å². The molecule has 1 amide bonds. The van der Waals surface area contributed by atoms with Crippen LogP contribution in [0.3, 0.4) is 0 Å². The predicted molar refractivity (Wildman–Crippen MR) is 153 cm³/mol. The van der Waals surface area contributed by atoms with Gasteiger partial charge >= 0.3 is 0 Å². The number of ether oxygens (including phenoxy) is 1. The molecule has 0 unspecified atom stereocenters. The number of likely N-dealkylation sites (tertiary alicyclic amines) is 1. The van der Waals surface area contributed by atoms with E-state index in [0.717, 1.165) is 67.2 Å². The van der Waals surface area contributed by atoms with Crippen LogP contribution >= 0.6 is 0 Å². The lowest BCUT2D eigenvalue weighted by Gasteiger charge is -2.32. The van der Waals surface area contributed by atoms with Gasteiger partial charge in [0.15, 0.2) is 5.65 Å². The summed E-state index contributed by atoms with van der Waals surface area (Å²) in [5, 5.41) is 5.71. The normalized spacial score (nSPS) is 15.9. The van der Waals surface area contributed by atoms with Crippen molar-refractivity contribution in [3.05, 3.63) is 73.1 Å². The van der Waals surface area contributed by atoms with Gasteiger partial charge < -0.3 is 20.3 Å². The van der Waals surface area contributed by atoms with Crippen LogP contribution in [0.15, 0.2) is 73.1 Å². The van der Waals surface area contributed by atoms with Crippen LogP contribution in [0.2, 0.25) is 0 Å². The number of nitrogen functional groups attached to an aromatic ring is 1. The Kier molecular flexibility index (Phi) is 8.17. The molecule has 1 aliphatic rings. The summed E-state index contributed by atoms with van der Waals surface area (Å²) in [6.45, 7) is 8.25. The molecule has 0 aliphatic carbocycles. The molecule has 0 saturated carbocycles. The first-order valence-electron chi connectivity index (χ1n) is 13.6. The van der Waals surface area contributed by atoms with Gasteiger partial charge in [0, 0.05) is 31.3 Å². The van der Waals surface area contributed by atoms with Crippen molar-refractivity contribution >= 4 is 22.8 Å². The average molecular weight is 526 g/mol. The van der Waals surface area contributed by atoms with Crippen molar-refractivity contribution in [3.63, 3.8) is 0 Å². The Balaban J connectivity index is 1.38. The third kappa shape index (κ3) is 5.93. The fourth-order valence-corrected chi connectivity index (χ4v) is 5.00. The standard InChI is InChI=1S/C30H35N7O2/c1-3-35(4-2)18-9-13-26(38)36-19-8-10-23(20-36)37-30-27(29(31)32-21-33-30)28(34-37)22-14-16-25(17-15-22)39-24-11-6-5-7-12-24/h5-7,9,11-17,21,23H,3-4,8,10,18-20H2,1-2H3,(H2,31,32,33)/t23-/m1/s1. The number of nitrogens with zero attached hydrogens (tertiary/aromatic N) is 6. The minimum atomic E-state index is -0.00915. The molecule has 2 aromatic carbocycles. The van der Waals surface area contributed by atoms with E-state index < -0.39 is 0 Å². The number of benzene rings is 2. The van der Waals surface area contributed by atoms with Crippen molar-refractivity contribution < 1.29 is 9.53 Å². The number of hydrogen-bond acceptors (Lipinski definition) is 7. The van der Waals surface area contributed by atoms with Crippen molar-refractivity contribution in [2.75, 3.05) is 38.5 Å². The second kappa shape index (κ2) is 12.1. The summed E-state index contributed by atoms with van der Waals surface area (Å²) in [7, 11) is 0. The van der Waals surface area contributed by atoms with E-state index in [4.69, 9.17) is 15.6 Å². The van der Waals surface area contributed by atoms with Gasteiger partial charge in [0.25, 0.3) is 0 Å². The number of piperidine rings is 1. The molecular formula is C30H35N7O2. The Bertz CT molecular complexity index is 1430. The lowest BCUT2D eigenvalue weighted by atomic mass is 10.1. The zero-order chi connectivity index (χ0) is 27.2. The Hall–Kier alpha value is -4.24. The number of aromatic nitrogens is 4. The highest BCUT2D eigenvalue weighted by Gasteiger charge is 2.28. The molecule has 2 N–H and O–H groups in total. The Morgan fingerprint density at radius 2 is 1.82 bits per heavy atom. The molecule has 202 valence electrons. The van der Waals surface area contributed by atoms with E-state index in [1.807, 2.05) is 70.3 Å². The molecule has 5 rings (SSSR count). The number of anilines is 1. The maximum absolute atomic E-state index is 13.0. The van der Waals surface area contributed by atoms with Crippen LogP contribution in [0.1, 0.15) is 32.7 Å². The smallest absolute Gasteiger partial charge is 0.246 e. The topological polar surface area (TPSA) is 102 Å². The third-order valence-electron chi connectivity index (χ3n) is 7.20. The van der Waals surface area contributed by atoms with Gasteiger partial charge in [-0.25, -0.2) is 14.6 Å². The summed E-state index contributed by atoms with van der Waals surface area (Å²) in [4.78, 5) is 25.9. The highest BCUT2D eigenvalue weighted by atomic mass is 16.5. The number of nitrogens with two attached hydrogens (primary N) is 1. The van der Waals surface area contributed by atoms with Crippen molar-refractivity contribution in [2.45, 2.75) is 32.7 Å². The first-order valence-corrected chi connectivity index (χ1v) is 13.6. The van der Waals surface area contributed by atoms with Crippen molar-refractivity contribution in [3.8, 4) is 22.8 Å². The Morgan fingerprint density at radius 3 is 2.56 bits per heavy atom. The molecule has 1 atom stereocenters. The quantitative estimate of drug-likeness (QED) is 0.309. The second-order valence-corrected chi connectivity index (χ2v) is 9.66. The summed E-state index contributed by atoms with van der Waals surface area (Å²) < 4.78 is 7.87. The lowest BCUT2D eigenvalue weighted by molar-refractivity contribution is -0.127. The van der Waals surface area contributed by atoms with E-state index in [2.05, 4.69) is 28.7 Å². The predicted octanol–water partition coefficient (Wildman–Crippen LogP) is 4.93. The molecule has 1 saturated heterocycles.